The third-order valence-electron chi connectivity index (χ3n) is 3.63. The molecule has 0 bridgehead atoms. The van der Waals surface area contributed by atoms with E-state index in [0.717, 1.165) is 23.8 Å². The third kappa shape index (κ3) is 3.95. The van der Waals surface area contributed by atoms with Crippen LogP contribution in [0.1, 0.15) is 44.1 Å². The highest BCUT2D eigenvalue weighted by atomic mass is 32.1. The van der Waals surface area contributed by atoms with Crippen LogP contribution >= 0.6 is 12.2 Å². The number of hydrogen-bond acceptors (Lipinski definition) is 3. The molecule has 1 saturated carbocycles. The van der Waals surface area contributed by atoms with Crippen molar-refractivity contribution < 1.29 is 0 Å². The monoisotopic (exact) mass is 263 g/mol. The molecule has 0 atom stereocenters. The van der Waals surface area contributed by atoms with Crippen LogP contribution in [0, 0.1) is 5.92 Å². The molecule has 1 aromatic rings. The van der Waals surface area contributed by atoms with Crippen LogP contribution in [0.25, 0.3) is 0 Å². The Labute approximate surface area is 114 Å². The molecule has 18 heavy (non-hydrogen) atoms. The Balaban J connectivity index is 1.78. The third-order valence-corrected chi connectivity index (χ3v) is 3.86. The van der Waals surface area contributed by atoms with Gasteiger partial charge in [0, 0.05) is 18.3 Å². The highest BCUT2D eigenvalue weighted by molar-refractivity contribution is 7.80. The molecular weight excluding hydrogens is 242 g/mol. The minimum atomic E-state index is 0.424. The van der Waals surface area contributed by atoms with Crippen molar-refractivity contribution in [2.24, 2.45) is 11.7 Å². The molecule has 4 heteroatoms. The molecule has 0 unspecified atom stereocenters. The number of rotatable bonds is 5. The van der Waals surface area contributed by atoms with Gasteiger partial charge in [-0.1, -0.05) is 44.3 Å². The summed E-state index contributed by atoms with van der Waals surface area (Å²) in [7, 11) is 0. The molecule has 98 valence electrons. The lowest BCUT2D eigenvalue weighted by Gasteiger charge is -2.21. The number of hydrogen-bond donors (Lipinski definition) is 2. The molecule has 0 aromatic carbocycles. The van der Waals surface area contributed by atoms with Crippen LogP contribution in [0.4, 0.5) is 5.82 Å². The van der Waals surface area contributed by atoms with Crippen LogP contribution in [0.2, 0.25) is 0 Å². The van der Waals surface area contributed by atoms with E-state index in [1.165, 1.54) is 38.5 Å². The number of thiocarbonyl (C=S) groups is 1. The van der Waals surface area contributed by atoms with Crippen molar-refractivity contribution >= 4 is 23.0 Å². The van der Waals surface area contributed by atoms with Crippen LogP contribution in [0.15, 0.2) is 18.3 Å². The van der Waals surface area contributed by atoms with Gasteiger partial charge >= 0.3 is 0 Å². The Hall–Kier alpha value is -1.16. The Morgan fingerprint density at radius 2 is 2.17 bits per heavy atom. The number of nitrogens with one attached hydrogen (secondary N) is 1. The van der Waals surface area contributed by atoms with Gasteiger partial charge in [0.2, 0.25) is 0 Å². The minimum Gasteiger partial charge on any atom is -0.389 e. The summed E-state index contributed by atoms with van der Waals surface area (Å²) in [6.45, 7) is 0.985. The predicted molar refractivity (Wildman–Crippen MR) is 79.8 cm³/mol. The molecule has 1 aromatic heterocycles. The van der Waals surface area contributed by atoms with Crippen LogP contribution in [0.3, 0.4) is 0 Å². The number of aromatic nitrogens is 1. The quantitative estimate of drug-likeness (QED) is 0.802. The lowest BCUT2D eigenvalue weighted by atomic mass is 9.87. The van der Waals surface area contributed by atoms with E-state index in [0.29, 0.717) is 4.99 Å². The maximum absolute atomic E-state index is 5.60. The van der Waals surface area contributed by atoms with Gasteiger partial charge in [-0.3, -0.25) is 0 Å². The molecular formula is C14H21N3S. The summed E-state index contributed by atoms with van der Waals surface area (Å²) in [5.41, 5.74) is 6.48. The Kier molecular flexibility index (Phi) is 4.93. The standard InChI is InChI=1S/C14H21N3S/c15-14(18)12-7-9-17-13(10-12)16-8-6-11-4-2-1-3-5-11/h7,9-11H,1-6,8H2,(H2,15,18)(H,16,17). The summed E-state index contributed by atoms with van der Waals surface area (Å²) < 4.78 is 0. The van der Waals surface area contributed by atoms with Crippen molar-refractivity contribution in [2.75, 3.05) is 11.9 Å². The van der Waals surface area contributed by atoms with E-state index < -0.39 is 0 Å². The van der Waals surface area contributed by atoms with Crippen LogP contribution in [-0.4, -0.2) is 16.5 Å². The summed E-state index contributed by atoms with van der Waals surface area (Å²) in [5, 5.41) is 3.36. The van der Waals surface area contributed by atoms with Crippen LogP contribution < -0.4 is 11.1 Å². The van der Waals surface area contributed by atoms with E-state index in [9.17, 15) is 0 Å². The first kappa shape index (κ1) is 13.3. The van der Waals surface area contributed by atoms with E-state index in [-0.39, 0.29) is 0 Å². The minimum absolute atomic E-state index is 0.424. The Bertz CT molecular complexity index is 400. The number of anilines is 1. The first-order chi connectivity index (χ1) is 8.75. The topological polar surface area (TPSA) is 50.9 Å². The van der Waals surface area contributed by atoms with Gasteiger partial charge in [0.15, 0.2) is 0 Å². The Morgan fingerprint density at radius 3 is 2.89 bits per heavy atom. The van der Waals surface area contributed by atoms with E-state index in [4.69, 9.17) is 18.0 Å². The first-order valence-electron chi connectivity index (χ1n) is 6.75. The lowest BCUT2D eigenvalue weighted by Crippen LogP contribution is -2.14. The van der Waals surface area contributed by atoms with Crippen molar-refractivity contribution in [2.45, 2.75) is 38.5 Å². The molecule has 3 nitrogen and oxygen atoms in total. The van der Waals surface area contributed by atoms with E-state index in [1.807, 2.05) is 12.1 Å². The predicted octanol–water partition coefficient (Wildman–Crippen LogP) is 3.10. The molecule has 2 rings (SSSR count). The van der Waals surface area contributed by atoms with Gasteiger partial charge in [-0.2, -0.15) is 0 Å². The average Bonchev–Trinajstić information content (AvgIpc) is 2.40. The molecule has 0 spiro atoms. The SMILES string of the molecule is NC(=S)c1ccnc(NCCC2CCCCC2)c1. The second-order valence-electron chi connectivity index (χ2n) is 5.01. The van der Waals surface area contributed by atoms with Crippen molar-refractivity contribution in [1.29, 1.82) is 0 Å². The van der Waals surface area contributed by atoms with Crippen molar-refractivity contribution in [3.63, 3.8) is 0 Å². The van der Waals surface area contributed by atoms with Crippen LogP contribution in [0.5, 0.6) is 0 Å². The first-order valence-corrected chi connectivity index (χ1v) is 7.16. The molecule has 0 amide bonds. The largest absolute Gasteiger partial charge is 0.389 e. The van der Waals surface area contributed by atoms with Crippen molar-refractivity contribution in [3.8, 4) is 0 Å². The molecule has 1 aliphatic carbocycles. The summed E-state index contributed by atoms with van der Waals surface area (Å²) in [6, 6.07) is 3.76. The molecule has 0 radical (unpaired) electrons. The fraction of sp³-hybridized carbons (Fsp3) is 0.571. The second-order valence-corrected chi connectivity index (χ2v) is 5.45. The maximum Gasteiger partial charge on any atom is 0.126 e. The molecule has 1 heterocycles. The summed E-state index contributed by atoms with van der Waals surface area (Å²) in [4.78, 5) is 4.70. The van der Waals surface area contributed by atoms with Gasteiger partial charge in [-0.05, 0) is 24.5 Å². The van der Waals surface area contributed by atoms with Crippen LogP contribution in [-0.2, 0) is 0 Å². The van der Waals surface area contributed by atoms with Crippen molar-refractivity contribution in [1.82, 2.24) is 4.98 Å². The number of nitrogens with zero attached hydrogens (tertiary/aromatic N) is 1. The molecule has 0 saturated heterocycles. The summed E-state index contributed by atoms with van der Waals surface area (Å²) in [6.07, 6.45) is 9.99. The molecule has 3 N–H and O–H groups in total. The summed E-state index contributed by atoms with van der Waals surface area (Å²) in [5.74, 6) is 1.76. The van der Waals surface area contributed by atoms with Crippen molar-refractivity contribution in [3.05, 3.63) is 23.9 Å². The van der Waals surface area contributed by atoms with E-state index in [2.05, 4.69) is 10.3 Å². The number of nitrogens with two attached hydrogens (primary N) is 1. The zero-order chi connectivity index (χ0) is 12.8. The van der Waals surface area contributed by atoms with Gasteiger partial charge in [-0.15, -0.1) is 0 Å². The zero-order valence-corrected chi connectivity index (χ0v) is 11.5. The second kappa shape index (κ2) is 6.69. The molecule has 0 aliphatic heterocycles. The lowest BCUT2D eigenvalue weighted by molar-refractivity contribution is 0.345. The molecule has 1 aliphatic rings. The van der Waals surface area contributed by atoms with Gasteiger partial charge in [0.05, 0.1) is 0 Å². The van der Waals surface area contributed by atoms with Gasteiger partial charge in [0.25, 0.3) is 0 Å². The highest BCUT2D eigenvalue weighted by Gasteiger charge is 2.12. The smallest absolute Gasteiger partial charge is 0.126 e. The maximum atomic E-state index is 5.60. The normalized spacial score (nSPS) is 16.4. The van der Waals surface area contributed by atoms with Gasteiger partial charge < -0.3 is 11.1 Å². The van der Waals surface area contributed by atoms with E-state index >= 15 is 0 Å². The fourth-order valence-electron chi connectivity index (χ4n) is 2.56. The summed E-state index contributed by atoms with van der Waals surface area (Å²) >= 11 is 4.96. The van der Waals surface area contributed by atoms with Gasteiger partial charge in [-0.25, -0.2) is 4.98 Å². The zero-order valence-electron chi connectivity index (χ0n) is 10.7. The average molecular weight is 263 g/mol. The van der Waals surface area contributed by atoms with Gasteiger partial charge in [0.1, 0.15) is 10.8 Å². The number of pyridine rings is 1. The Morgan fingerprint density at radius 1 is 1.39 bits per heavy atom. The molecule has 1 fully saturated rings. The fourth-order valence-corrected chi connectivity index (χ4v) is 2.69. The van der Waals surface area contributed by atoms with E-state index in [1.54, 1.807) is 6.20 Å². The highest BCUT2D eigenvalue weighted by Crippen LogP contribution is 2.26.